The van der Waals surface area contributed by atoms with E-state index in [2.05, 4.69) is 0 Å². The normalized spacial score (nSPS) is 12.0. The van der Waals surface area contributed by atoms with E-state index in [4.69, 9.17) is 0 Å². The van der Waals surface area contributed by atoms with Gasteiger partial charge in [0.05, 0.1) is 0 Å². The Balaban J connectivity index is 1.75. The average Bonchev–Trinajstić information content (AvgIpc) is 3.54. The SMILES string of the molecule is O=C(/C=C(/[Se]/C(=C/C(=O)c1cccs1)c1ccccc1)c1ccccc1)c1cccs1. The van der Waals surface area contributed by atoms with E-state index in [0.29, 0.717) is 9.75 Å². The van der Waals surface area contributed by atoms with Gasteiger partial charge in [0.15, 0.2) is 0 Å². The number of rotatable bonds is 8. The van der Waals surface area contributed by atoms with Crippen molar-refractivity contribution < 1.29 is 9.59 Å². The van der Waals surface area contributed by atoms with Crippen molar-refractivity contribution in [2.24, 2.45) is 0 Å². The molecule has 0 bridgehead atoms. The van der Waals surface area contributed by atoms with E-state index in [1.165, 1.54) is 22.7 Å². The average molecular weight is 506 g/mol. The van der Waals surface area contributed by atoms with Crippen molar-refractivity contribution in [2.45, 2.75) is 0 Å². The van der Waals surface area contributed by atoms with Crippen molar-refractivity contribution in [3.63, 3.8) is 0 Å². The van der Waals surface area contributed by atoms with E-state index >= 15 is 0 Å². The van der Waals surface area contributed by atoms with Crippen LogP contribution in [0.1, 0.15) is 30.5 Å². The first-order valence-electron chi connectivity index (χ1n) is 9.58. The van der Waals surface area contributed by atoms with Crippen molar-refractivity contribution in [3.8, 4) is 0 Å². The molecule has 0 radical (unpaired) electrons. The molecule has 0 spiro atoms. The quantitative estimate of drug-likeness (QED) is 0.152. The van der Waals surface area contributed by atoms with Crippen LogP contribution < -0.4 is 0 Å². The van der Waals surface area contributed by atoms with Crippen LogP contribution in [0.5, 0.6) is 0 Å². The van der Waals surface area contributed by atoms with Crippen LogP contribution >= 0.6 is 22.7 Å². The molecular formula is C26H18O2S2Se. The molecule has 2 aromatic heterocycles. The molecule has 0 amide bonds. The van der Waals surface area contributed by atoms with Gasteiger partial charge >= 0.3 is 196 Å². The molecule has 152 valence electrons. The molecule has 0 aliphatic heterocycles. The Morgan fingerprint density at radius 1 is 0.581 bits per heavy atom. The van der Waals surface area contributed by atoms with Crippen LogP contribution in [0.3, 0.4) is 0 Å². The van der Waals surface area contributed by atoms with Crippen LogP contribution in [-0.4, -0.2) is 26.5 Å². The second-order valence-electron chi connectivity index (χ2n) is 6.53. The zero-order valence-corrected chi connectivity index (χ0v) is 19.8. The van der Waals surface area contributed by atoms with Gasteiger partial charge in [0.1, 0.15) is 0 Å². The van der Waals surface area contributed by atoms with Crippen LogP contribution in [0.4, 0.5) is 0 Å². The summed E-state index contributed by atoms with van der Waals surface area (Å²) in [6.07, 6.45) is 3.46. The zero-order valence-electron chi connectivity index (χ0n) is 16.4. The summed E-state index contributed by atoms with van der Waals surface area (Å²) in [5, 5.41) is 3.81. The third kappa shape index (κ3) is 5.66. The van der Waals surface area contributed by atoms with Gasteiger partial charge < -0.3 is 0 Å². The van der Waals surface area contributed by atoms with Crippen molar-refractivity contribution in [1.29, 1.82) is 0 Å². The Hall–Kier alpha value is -2.82. The van der Waals surface area contributed by atoms with Crippen molar-refractivity contribution in [2.75, 3.05) is 0 Å². The molecule has 0 N–H and O–H groups in total. The number of allylic oxidation sites excluding steroid dienone is 2. The van der Waals surface area contributed by atoms with E-state index < -0.39 is 0 Å². The van der Waals surface area contributed by atoms with Gasteiger partial charge in [0.25, 0.3) is 0 Å². The Labute approximate surface area is 195 Å². The molecule has 0 aliphatic rings. The molecule has 0 aliphatic carbocycles. The first kappa shape index (κ1) is 21.4. The van der Waals surface area contributed by atoms with Gasteiger partial charge in [-0.25, -0.2) is 0 Å². The molecule has 2 aromatic carbocycles. The Morgan fingerprint density at radius 2 is 1.00 bits per heavy atom. The minimum absolute atomic E-state index is 0.00674. The van der Waals surface area contributed by atoms with Gasteiger partial charge in [-0.05, 0) is 0 Å². The summed E-state index contributed by atoms with van der Waals surface area (Å²) in [5.74, 6) is -0.0135. The summed E-state index contributed by atoms with van der Waals surface area (Å²) in [5.41, 5.74) is 2.00. The van der Waals surface area contributed by atoms with E-state index in [-0.39, 0.29) is 26.5 Å². The summed E-state index contributed by atoms with van der Waals surface area (Å²) >= 11 is 2.63. The molecule has 0 fully saturated rings. The summed E-state index contributed by atoms with van der Waals surface area (Å²) in [6.45, 7) is 0. The zero-order chi connectivity index (χ0) is 21.5. The Bertz CT molecular complexity index is 1110. The topological polar surface area (TPSA) is 34.1 Å². The summed E-state index contributed by atoms with van der Waals surface area (Å²) in [7, 11) is 0. The second-order valence-corrected chi connectivity index (χ2v) is 10.7. The number of hydrogen-bond acceptors (Lipinski definition) is 4. The summed E-state index contributed by atoms with van der Waals surface area (Å²) in [4.78, 5) is 27.2. The monoisotopic (exact) mass is 506 g/mol. The number of benzene rings is 2. The molecule has 0 saturated carbocycles. The second kappa shape index (κ2) is 10.5. The molecular weight excluding hydrogens is 487 g/mol. The van der Waals surface area contributed by atoms with Gasteiger partial charge in [0.2, 0.25) is 0 Å². The first-order valence-corrected chi connectivity index (χ1v) is 13.1. The fourth-order valence-electron chi connectivity index (χ4n) is 2.88. The maximum absolute atomic E-state index is 12.9. The van der Waals surface area contributed by atoms with E-state index in [9.17, 15) is 9.59 Å². The fraction of sp³-hybridized carbons (Fsp3) is 0. The molecule has 2 nitrogen and oxygen atoms in total. The molecule has 4 aromatic rings. The standard InChI is InChI=1S/C26H18O2S2Se/c27-21(23-13-7-15-29-23)17-25(19-9-3-1-4-10-19)31-26(20-11-5-2-6-12-20)18-22(28)24-14-8-16-30-24/h1-18H/b25-17+,26-18+. The third-order valence-corrected chi connectivity index (χ3v) is 8.56. The number of hydrogen-bond donors (Lipinski definition) is 0. The van der Waals surface area contributed by atoms with Crippen molar-refractivity contribution >= 4 is 58.1 Å². The van der Waals surface area contributed by atoms with Gasteiger partial charge in [-0.2, -0.15) is 0 Å². The third-order valence-electron chi connectivity index (χ3n) is 4.39. The van der Waals surface area contributed by atoms with Crippen molar-refractivity contribution in [1.82, 2.24) is 0 Å². The van der Waals surface area contributed by atoms with E-state index in [1.54, 1.807) is 12.2 Å². The van der Waals surface area contributed by atoms with Crippen LogP contribution in [0.15, 0.2) is 108 Å². The summed E-state index contributed by atoms with van der Waals surface area (Å²) in [6, 6.07) is 27.3. The van der Waals surface area contributed by atoms with Gasteiger partial charge in [-0.1, -0.05) is 0 Å². The van der Waals surface area contributed by atoms with Crippen LogP contribution in [-0.2, 0) is 0 Å². The van der Waals surface area contributed by atoms with Crippen molar-refractivity contribution in [3.05, 3.63) is 129 Å². The Morgan fingerprint density at radius 3 is 1.35 bits per heavy atom. The van der Waals surface area contributed by atoms with E-state index in [1.807, 2.05) is 95.7 Å². The molecule has 4 rings (SSSR count). The molecule has 5 heteroatoms. The minimum atomic E-state index is -0.247. The number of carbonyl (C=O) groups excluding carboxylic acids is 2. The Kier molecular flexibility index (Phi) is 7.23. The van der Waals surface area contributed by atoms with Gasteiger partial charge in [0, 0.05) is 0 Å². The molecule has 0 saturated heterocycles. The maximum atomic E-state index is 12.9. The molecule has 0 atom stereocenters. The van der Waals surface area contributed by atoms with Gasteiger partial charge in [-0.3, -0.25) is 0 Å². The van der Waals surface area contributed by atoms with Crippen LogP contribution in [0.25, 0.3) is 8.94 Å². The predicted molar refractivity (Wildman–Crippen MR) is 132 cm³/mol. The van der Waals surface area contributed by atoms with E-state index in [0.717, 1.165) is 20.1 Å². The summed E-state index contributed by atoms with van der Waals surface area (Å²) < 4.78 is 1.89. The van der Waals surface area contributed by atoms with Gasteiger partial charge in [-0.15, -0.1) is 0 Å². The fourth-order valence-corrected chi connectivity index (χ4v) is 6.42. The first-order chi connectivity index (χ1) is 15.2. The molecule has 31 heavy (non-hydrogen) atoms. The number of carbonyl (C=O) groups is 2. The van der Waals surface area contributed by atoms with Crippen LogP contribution in [0.2, 0.25) is 0 Å². The number of ketones is 2. The molecule has 0 unspecified atom stereocenters. The predicted octanol–water partition coefficient (Wildman–Crippen LogP) is 6.66. The molecule has 2 heterocycles. The number of thiophene rings is 2. The van der Waals surface area contributed by atoms with Crippen LogP contribution in [0, 0.1) is 0 Å².